The van der Waals surface area contributed by atoms with Crippen LogP contribution in [0, 0.1) is 0 Å². The quantitative estimate of drug-likeness (QED) is 0.456. The van der Waals surface area contributed by atoms with E-state index in [9.17, 15) is 19.2 Å². The Hall–Kier alpha value is -3.33. The molecule has 0 fully saturated rings. The minimum absolute atomic E-state index is 0.0364. The van der Waals surface area contributed by atoms with Crippen LogP contribution < -0.4 is 21.7 Å². The summed E-state index contributed by atoms with van der Waals surface area (Å²) in [6.45, 7) is 3.32. The number of hydrogen-bond acceptors (Lipinski definition) is 5. The molecule has 2 aromatic rings. The van der Waals surface area contributed by atoms with Crippen LogP contribution >= 0.6 is 11.8 Å². The molecule has 2 rings (SSSR count). The van der Waals surface area contributed by atoms with Gasteiger partial charge >= 0.3 is 0 Å². The van der Waals surface area contributed by atoms with Gasteiger partial charge in [-0.05, 0) is 43.3 Å². The molecule has 8 nitrogen and oxygen atoms in total. The van der Waals surface area contributed by atoms with E-state index in [0.717, 1.165) is 4.90 Å². The fourth-order valence-electron chi connectivity index (χ4n) is 2.50. The number of rotatable bonds is 9. The van der Waals surface area contributed by atoms with E-state index >= 15 is 0 Å². The van der Waals surface area contributed by atoms with Gasteiger partial charge in [-0.25, -0.2) is 0 Å². The van der Waals surface area contributed by atoms with E-state index in [4.69, 9.17) is 5.73 Å². The Bertz CT molecular complexity index is 931. The fourth-order valence-corrected chi connectivity index (χ4v) is 3.36. The number of nitrogens with one attached hydrogen (secondary N) is 3. The summed E-state index contributed by atoms with van der Waals surface area (Å²) >= 11 is 1.35. The number of carbonyl (C=O) groups is 4. The number of anilines is 2. The summed E-state index contributed by atoms with van der Waals surface area (Å²) in [6, 6.07) is 13.8. The number of amides is 4. The first-order chi connectivity index (χ1) is 14.3. The summed E-state index contributed by atoms with van der Waals surface area (Å²) in [7, 11) is 0. The van der Waals surface area contributed by atoms with Crippen LogP contribution in [-0.2, 0) is 14.4 Å². The average molecular weight is 429 g/mol. The van der Waals surface area contributed by atoms with Gasteiger partial charge in [0.25, 0.3) is 5.91 Å². The first-order valence-corrected chi connectivity index (χ1v) is 10.1. The Balaban J connectivity index is 1.99. The molecule has 0 aliphatic rings. The van der Waals surface area contributed by atoms with E-state index in [0.29, 0.717) is 16.9 Å². The molecule has 5 N–H and O–H groups in total. The van der Waals surface area contributed by atoms with Gasteiger partial charge < -0.3 is 21.7 Å². The van der Waals surface area contributed by atoms with Gasteiger partial charge in [-0.2, -0.15) is 0 Å². The van der Waals surface area contributed by atoms with Crippen molar-refractivity contribution in [2.24, 2.45) is 5.73 Å². The summed E-state index contributed by atoms with van der Waals surface area (Å²) in [5.41, 5.74) is 6.43. The maximum absolute atomic E-state index is 12.6. The molecule has 1 atom stereocenters. The molecule has 0 saturated carbocycles. The van der Waals surface area contributed by atoms with Crippen LogP contribution in [0.25, 0.3) is 0 Å². The standard InChI is InChI=1S/C21H24N4O4S/c1-13(30-16-9-7-15(8-10-16)24-14(2)26)20(28)25-18-6-4-3-5-17(18)21(29)23-12-11-19(22)27/h3-10,13H,11-12H2,1-2H3,(H2,22,27)(H,23,29)(H,24,26)(H,25,28). The largest absolute Gasteiger partial charge is 0.370 e. The van der Waals surface area contributed by atoms with Crippen molar-refractivity contribution in [1.82, 2.24) is 5.32 Å². The zero-order chi connectivity index (χ0) is 22.1. The zero-order valence-corrected chi connectivity index (χ0v) is 17.5. The van der Waals surface area contributed by atoms with Crippen molar-refractivity contribution < 1.29 is 19.2 Å². The molecule has 0 heterocycles. The summed E-state index contributed by atoms with van der Waals surface area (Å²) in [4.78, 5) is 47.7. The molecule has 1 unspecified atom stereocenters. The number of benzene rings is 2. The van der Waals surface area contributed by atoms with Crippen molar-refractivity contribution >= 4 is 46.8 Å². The first-order valence-electron chi connectivity index (χ1n) is 9.27. The third kappa shape index (κ3) is 7.25. The van der Waals surface area contributed by atoms with Crippen LogP contribution in [-0.4, -0.2) is 35.4 Å². The lowest BCUT2D eigenvalue weighted by atomic mass is 10.1. The van der Waals surface area contributed by atoms with Crippen molar-refractivity contribution in [3.8, 4) is 0 Å². The van der Waals surface area contributed by atoms with Crippen LogP contribution in [0.3, 0.4) is 0 Å². The molecular weight excluding hydrogens is 404 g/mol. The fraction of sp³-hybridized carbons (Fsp3) is 0.238. The maximum atomic E-state index is 12.6. The molecule has 2 aromatic carbocycles. The van der Waals surface area contributed by atoms with Gasteiger partial charge in [0, 0.05) is 30.5 Å². The van der Waals surface area contributed by atoms with E-state index in [1.54, 1.807) is 43.3 Å². The lowest BCUT2D eigenvalue weighted by Gasteiger charge is -2.15. The highest BCUT2D eigenvalue weighted by Gasteiger charge is 2.18. The van der Waals surface area contributed by atoms with Crippen LogP contribution in [0.15, 0.2) is 53.4 Å². The third-order valence-electron chi connectivity index (χ3n) is 3.94. The molecule has 158 valence electrons. The Morgan fingerprint density at radius 2 is 1.67 bits per heavy atom. The Labute approximate surface area is 179 Å². The van der Waals surface area contributed by atoms with Gasteiger partial charge in [-0.1, -0.05) is 12.1 Å². The van der Waals surface area contributed by atoms with Crippen LogP contribution in [0.5, 0.6) is 0 Å². The smallest absolute Gasteiger partial charge is 0.253 e. The minimum atomic E-state index is -0.507. The highest BCUT2D eigenvalue weighted by molar-refractivity contribution is 8.00. The molecule has 0 radical (unpaired) electrons. The van der Waals surface area contributed by atoms with Crippen molar-refractivity contribution in [3.63, 3.8) is 0 Å². The molecule has 9 heteroatoms. The minimum Gasteiger partial charge on any atom is -0.370 e. The second-order valence-corrected chi connectivity index (χ2v) is 7.89. The maximum Gasteiger partial charge on any atom is 0.253 e. The van der Waals surface area contributed by atoms with Crippen LogP contribution in [0.1, 0.15) is 30.6 Å². The Kier molecular flexibility index (Phi) is 8.42. The lowest BCUT2D eigenvalue weighted by Crippen LogP contribution is -2.29. The summed E-state index contributed by atoms with van der Waals surface area (Å²) in [6.07, 6.45) is 0.0364. The van der Waals surface area contributed by atoms with Gasteiger partial charge in [-0.15, -0.1) is 11.8 Å². The zero-order valence-electron chi connectivity index (χ0n) is 16.7. The summed E-state index contributed by atoms with van der Waals surface area (Å²) < 4.78 is 0. The van der Waals surface area contributed by atoms with Crippen molar-refractivity contribution in [2.75, 3.05) is 17.2 Å². The highest BCUT2D eigenvalue weighted by Crippen LogP contribution is 2.26. The molecule has 0 aliphatic heterocycles. The van der Waals surface area contributed by atoms with Gasteiger partial charge in [0.2, 0.25) is 17.7 Å². The number of carbonyl (C=O) groups excluding carboxylic acids is 4. The Morgan fingerprint density at radius 1 is 1.00 bits per heavy atom. The number of para-hydroxylation sites is 1. The second kappa shape index (κ2) is 11.0. The molecule has 0 aliphatic carbocycles. The van der Waals surface area contributed by atoms with Crippen molar-refractivity contribution in [3.05, 3.63) is 54.1 Å². The van der Waals surface area contributed by atoms with E-state index in [-0.39, 0.29) is 24.8 Å². The molecular formula is C21H24N4O4S. The molecule has 0 aromatic heterocycles. The second-order valence-electron chi connectivity index (χ2n) is 6.47. The lowest BCUT2D eigenvalue weighted by molar-refractivity contribution is -0.118. The molecule has 0 spiro atoms. The monoisotopic (exact) mass is 428 g/mol. The summed E-state index contributed by atoms with van der Waals surface area (Å²) in [5.74, 6) is -1.32. The average Bonchev–Trinajstić information content (AvgIpc) is 2.69. The summed E-state index contributed by atoms with van der Waals surface area (Å²) in [5, 5.41) is 7.64. The van der Waals surface area contributed by atoms with Crippen molar-refractivity contribution in [2.45, 2.75) is 30.4 Å². The van der Waals surface area contributed by atoms with Gasteiger partial charge in [0.05, 0.1) is 16.5 Å². The van der Waals surface area contributed by atoms with Crippen LogP contribution in [0.2, 0.25) is 0 Å². The van der Waals surface area contributed by atoms with Crippen molar-refractivity contribution in [1.29, 1.82) is 0 Å². The number of hydrogen-bond donors (Lipinski definition) is 4. The molecule has 0 saturated heterocycles. The first kappa shape index (κ1) is 23.0. The number of nitrogens with two attached hydrogens (primary N) is 1. The predicted octanol–water partition coefficient (Wildman–Crippen LogP) is 2.37. The highest BCUT2D eigenvalue weighted by atomic mass is 32.2. The third-order valence-corrected chi connectivity index (χ3v) is 5.06. The number of primary amides is 1. The Morgan fingerprint density at radius 3 is 2.30 bits per heavy atom. The van der Waals surface area contributed by atoms with E-state index in [1.165, 1.54) is 18.7 Å². The molecule has 0 bridgehead atoms. The van der Waals surface area contributed by atoms with Gasteiger partial charge in [-0.3, -0.25) is 19.2 Å². The predicted molar refractivity (Wildman–Crippen MR) is 117 cm³/mol. The van der Waals surface area contributed by atoms with Crippen LogP contribution in [0.4, 0.5) is 11.4 Å². The molecule has 4 amide bonds. The van der Waals surface area contributed by atoms with E-state index in [2.05, 4.69) is 16.0 Å². The van der Waals surface area contributed by atoms with Gasteiger partial charge in [0.1, 0.15) is 0 Å². The topological polar surface area (TPSA) is 130 Å². The van der Waals surface area contributed by atoms with E-state index < -0.39 is 17.1 Å². The number of thioether (sulfide) groups is 1. The van der Waals surface area contributed by atoms with Gasteiger partial charge in [0.15, 0.2) is 0 Å². The SMILES string of the molecule is CC(=O)Nc1ccc(SC(C)C(=O)Nc2ccccc2C(=O)NCCC(N)=O)cc1. The van der Waals surface area contributed by atoms with E-state index in [1.807, 2.05) is 12.1 Å². The normalized spacial score (nSPS) is 11.3. The molecule has 30 heavy (non-hydrogen) atoms.